The lowest BCUT2D eigenvalue weighted by atomic mass is 10.1. The SMILES string of the molecule is Cc1ccccc1CNC(=O)CNc1cccc(F)c1. The van der Waals surface area contributed by atoms with Crippen LogP contribution in [0, 0.1) is 12.7 Å². The first kappa shape index (κ1) is 14.1. The minimum atomic E-state index is -0.324. The molecular weight excluding hydrogens is 255 g/mol. The number of hydrogen-bond donors (Lipinski definition) is 2. The van der Waals surface area contributed by atoms with Crippen LogP contribution in [-0.2, 0) is 11.3 Å². The molecule has 0 aliphatic rings. The Morgan fingerprint density at radius 1 is 1.15 bits per heavy atom. The zero-order chi connectivity index (χ0) is 14.4. The van der Waals surface area contributed by atoms with E-state index in [0.717, 1.165) is 11.1 Å². The molecule has 2 N–H and O–H groups in total. The van der Waals surface area contributed by atoms with E-state index in [-0.39, 0.29) is 18.3 Å². The predicted octanol–water partition coefficient (Wildman–Crippen LogP) is 2.86. The molecule has 104 valence electrons. The van der Waals surface area contributed by atoms with E-state index in [1.165, 1.54) is 12.1 Å². The second-order valence-corrected chi connectivity index (χ2v) is 4.57. The van der Waals surface area contributed by atoms with Crippen LogP contribution in [0.3, 0.4) is 0 Å². The van der Waals surface area contributed by atoms with Crippen molar-refractivity contribution in [1.29, 1.82) is 0 Å². The Balaban J connectivity index is 1.80. The van der Waals surface area contributed by atoms with E-state index < -0.39 is 0 Å². The van der Waals surface area contributed by atoms with Crippen molar-refractivity contribution in [3.05, 3.63) is 65.5 Å². The van der Waals surface area contributed by atoms with Gasteiger partial charge in [0.1, 0.15) is 5.82 Å². The fourth-order valence-corrected chi connectivity index (χ4v) is 1.85. The number of carbonyl (C=O) groups excluding carboxylic acids is 1. The first-order valence-electron chi connectivity index (χ1n) is 6.46. The Kier molecular flexibility index (Phi) is 4.71. The van der Waals surface area contributed by atoms with Gasteiger partial charge < -0.3 is 10.6 Å². The molecule has 0 spiro atoms. The summed E-state index contributed by atoms with van der Waals surface area (Å²) >= 11 is 0. The van der Waals surface area contributed by atoms with Crippen LogP contribution in [0.1, 0.15) is 11.1 Å². The van der Waals surface area contributed by atoms with Gasteiger partial charge in [-0.15, -0.1) is 0 Å². The van der Waals surface area contributed by atoms with Crippen molar-refractivity contribution in [3.63, 3.8) is 0 Å². The fraction of sp³-hybridized carbons (Fsp3) is 0.188. The summed E-state index contributed by atoms with van der Waals surface area (Å²) in [5.41, 5.74) is 2.83. The van der Waals surface area contributed by atoms with E-state index in [1.807, 2.05) is 31.2 Å². The van der Waals surface area contributed by atoms with Gasteiger partial charge in [-0.2, -0.15) is 0 Å². The summed E-state index contributed by atoms with van der Waals surface area (Å²) < 4.78 is 13.0. The Bertz CT molecular complexity index is 599. The van der Waals surface area contributed by atoms with Gasteiger partial charge in [-0.25, -0.2) is 4.39 Å². The van der Waals surface area contributed by atoms with Crippen LogP contribution >= 0.6 is 0 Å². The fourth-order valence-electron chi connectivity index (χ4n) is 1.85. The standard InChI is InChI=1S/C16H17FN2O/c1-12-5-2-3-6-13(12)10-19-16(20)11-18-15-8-4-7-14(17)9-15/h2-9,18H,10-11H2,1H3,(H,19,20). The van der Waals surface area contributed by atoms with E-state index in [0.29, 0.717) is 12.2 Å². The molecule has 0 aliphatic heterocycles. The van der Waals surface area contributed by atoms with E-state index in [4.69, 9.17) is 0 Å². The van der Waals surface area contributed by atoms with Crippen molar-refractivity contribution in [2.45, 2.75) is 13.5 Å². The highest BCUT2D eigenvalue weighted by atomic mass is 19.1. The number of halogens is 1. The minimum absolute atomic E-state index is 0.120. The molecule has 0 bridgehead atoms. The third kappa shape index (κ3) is 4.09. The molecule has 0 unspecified atom stereocenters. The monoisotopic (exact) mass is 272 g/mol. The molecule has 20 heavy (non-hydrogen) atoms. The second kappa shape index (κ2) is 6.70. The Morgan fingerprint density at radius 2 is 1.95 bits per heavy atom. The minimum Gasteiger partial charge on any atom is -0.376 e. The number of anilines is 1. The zero-order valence-corrected chi connectivity index (χ0v) is 11.3. The van der Waals surface area contributed by atoms with Crippen molar-refractivity contribution < 1.29 is 9.18 Å². The van der Waals surface area contributed by atoms with Crippen LogP contribution in [0.4, 0.5) is 10.1 Å². The van der Waals surface area contributed by atoms with Crippen LogP contribution in [0.5, 0.6) is 0 Å². The van der Waals surface area contributed by atoms with Gasteiger partial charge in [0.15, 0.2) is 0 Å². The lowest BCUT2D eigenvalue weighted by Crippen LogP contribution is -2.29. The largest absolute Gasteiger partial charge is 0.376 e. The van der Waals surface area contributed by atoms with Gasteiger partial charge >= 0.3 is 0 Å². The third-order valence-corrected chi connectivity index (χ3v) is 3.01. The Labute approximate surface area is 117 Å². The van der Waals surface area contributed by atoms with E-state index in [9.17, 15) is 9.18 Å². The Morgan fingerprint density at radius 3 is 2.70 bits per heavy atom. The summed E-state index contributed by atoms with van der Waals surface area (Å²) in [6.45, 7) is 2.62. The van der Waals surface area contributed by atoms with Gasteiger partial charge in [-0.1, -0.05) is 30.3 Å². The van der Waals surface area contributed by atoms with E-state index in [2.05, 4.69) is 10.6 Å². The summed E-state index contributed by atoms with van der Waals surface area (Å²) in [7, 11) is 0. The van der Waals surface area contributed by atoms with Crippen LogP contribution in [0.2, 0.25) is 0 Å². The molecule has 0 radical (unpaired) electrons. The van der Waals surface area contributed by atoms with Gasteiger partial charge in [0.2, 0.25) is 5.91 Å². The molecule has 0 fully saturated rings. The van der Waals surface area contributed by atoms with Crippen LogP contribution in [0.25, 0.3) is 0 Å². The van der Waals surface area contributed by atoms with Crippen molar-refractivity contribution in [2.24, 2.45) is 0 Å². The summed E-state index contributed by atoms with van der Waals surface area (Å²) in [5.74, 6) is -0.451. The molecular formula is C16H17FN2O. The molecule has 0 atom stereocenters. The smallest absolute Gasteiger partial charge is 0.239 e. The molecule has 1 amide bonds. The number of nitrogens with one attached hydrogen (secondary N) is 2. The first-order valence-corrected chi connectivity index (χ1v) is 6.46. The van der Waals surface area contributed by atoms with Gasteiger partial charge in [0.25, 0.3) is 0 Å². The number of rotatable bonds is 5. The van der Waals surface area contributed by atoms with Gasteiger partial charge in [-0.05, 0) is 36.2 Å². The molecule has 0 aromatic heterocycles. The normalized spacial score (nSPS) is 10.1. The highest BCUT2D eigenvalue weighted by Gasteiger charge is 2.03. The van der Waals surface area contributed by atoms with Gasteiger partial charge in [0, 0.05) is 12.2 Å². The van der Waals surface area contributed by atoms with E-state index in [1.54, 1.807) is 12.1 Å². The lowest BCUT2D eigenvalue weighted by molar-refractivity contribution is -0.119. The second-order valence-electron chi connectivity index (χ2n) is 4.57. The van der Waals surface area contributed by atoms with Crippen molar-refractivity contribution in [3.8, 4) is 0 Å². The molecule has 2 aromatic rings. The maximum absolute atomic E-state index is 13.0. The summed E-state index contributed by atoms with van der Waals surface area (Å²) in [5, 5.41) is 5.71. The number of hydrogen-bond acceptors (Lipinski definition) is 2. The highest BCUT2D eigenvalue weighted by molar-refractivity contribution is 5.80. The van der Waals surface area contributed by atoms with Gasteiger partial charge in [-0.3, -0.25) is 4.79 Å². The third-order valence-electron chi connectivity index (χ3n) is 3.01. The number of benzene rings is 2. The topological polar surface area (TPSA) is 41.1 Å². The molecule has 0 saturated carbocycles. The summed E-state index contributed by atoms with van der Waals surface area (Å²) in [6, 6.07) is 13.9. The molecule has 3 nitrogen and oxygen atoms in total. The average Bonchev–Trinajstić information content (AvgIpc) is 2.44. The molecule has 2 aromatic carbocycles. The van der Waals surface area contributed by atoms with Crippen LogP contribution in [-0.4, -0.2) is 12.5 Å². The quantitative estimate of drug-likeness (QED) is 0.878. The molecule has 0 aliphatic carbocycles. The first-order chi connectivity index (χ1) is 9.65. The number of amides is 1. The van der Waals surface area contributed by atoms with E-state index >= 15 is 0 Å². The zero-order valence-electron chi connectivity index (χ0n) is 11.3. The average molecular weight is 272 g/mol. The molecule has 2 rings (SSSR count). The van der Waals surface area contributed by atoms with Gasteiger partial charge in [0.05, 0.1) is 6.54 Å². The molecule has 0 heterocycles. The Hall–Kier alpha value is -2.36. The maximum atomic E-state index is 13.0. The van der Waals surface area contributed by atoms with Crippen LogP contribution in [0.15, 0.2) is 48.5 Å². The highest BCUT2D eigenvalue weighted by Crippen LogP contribution is 2.08. The molecule has 4 heteroatoms. The predicted molar refractivity (Wildman–Crippen MR) is 77.9 cm³/mol. The number of aryl methyl sites for hydroxylation is 1. The summed E-state index contributed by atoms with van der Waals surface area (Å²) in [4.78, 5) is 11.7. The van der Waals surface area contributed by atoms with Crippen molar-refractivity contribution >= 4 is 11.6 Å². The maximum Gasteiger partial charge on any atom is 0.239 e. The van der Waals surface area contributed by atoms with Crippen LogP contribution < -0.4 is 10.6 Å². The lowest BCUT2D eigenvalue weighted by Gasteiger charge is -2.09. The number of carbonyl (C=O) groups is 1. The summed E-state index contributed by atoms with van der Waals surface area (Å²) in [6.07, 6.45) is 0. The van der Waals surface area contributed by atoms with Crippen molar-refractivity contribution in [2.75, 3.05) is 11.9 Å². The molecule has 0 saturated heterocycles. The van der Waals surface area contributed by atoms with Crippen molar-refractivity contribution in [1.82, 2.24) is 5.32 Å².